The van der Waals surface area contributed by atoms with E-state index in [1.165, 1.54) is 4.90 Å². The molecule has 9 heteroatoms. The second-order valence-corrected chi connectivity index (χ2v) is 6.13. The van der Waals surface area contributed by atoms with Gasteiger partial charge in [-0.2, -0.15) is 18.3 Å². The quantitative estimate of drug-likeness (QED) is 0.861. The summed E-state index contributed by atoms with van der Waals surface area (Å²) < 4.78 is 43.5. The van der Waals surface area contributed by atoms with Crippen LogP contribution in [0.5, 0.6) is 0 Å². The molecule has 0 spiro atoms. The number of nitrogens with one attached hydrogen (secondary N) is 1. The number of halogens is 3. The van der Waals surface area contributed by atoms with Crippen molar-refractivity contribution in [3.63, 3.8) is 0 Å². The van der Waals surface area contributed by atoms with E-state index in [1.54, 1.807) is 7.11 Å². The topological polar surface area (TPSA) is 78.5 Å². The Morgan fingerprint density at radius 3 is 2.87 bits per heavy atom. The third-order valence-corrected chi connectivity index (χ3v) is 4.93. The number of methoxy groups -OCH3 is 1. The van der Waals surface area contributed by atoms with Gasteiger partial charge in [-0.25, -0.2) is 0 Å². The highest BCUT2D eigenvalue weighted by molar-refractivity contribution is 5.93. The molecule has 2 fully saturated rings. The van der Waals surface area contributed by atoms with Crippen LogP contribution in [0.25, 0.3) is 0 Å². The standard InChI is InChI=1S/C14H18F3N3O3/c1-23-13-3-2-8(21)6-11(13)20(5-4-13)12(22)9-7-10(19-18-9)14(15,16)17/h7-8,11,21H,2-6H2,1H3,(H,18,19)/t8-,11+,13-/m1/s1. The van der Waals surface area contributed by atoms with Gasteiger partial charge in [0.2, 0.25) is 0 Å². The van der Waals surface area contributed by atoms with Gasteiger partial charge in [-0.15, -0.1) is 0 Å². The molecule has 1 saturated heterocycles. The van der Waals surface area contributed by atoms with Gasteiger partial charge in [0.1, 0.15) is 5.69 Å². The highest BCUT2D eigenvalue weighted by atomic mass is 19.4. The van der Waals surface area contributed by atoms with E-state index in [9.17, 15) is 23.1 Å². The van der Waals surface area contributed by atoms with Gasteiger partial charge in [-0.05, 0) is 25.7 Å². The zero-order valence-corrected chi connectivity index (χ0v) is 12.6. The number of ether oxygens (including phenoxy) is 1. The molecule has 1 aromatic rings. The van der Waals surface area contributed by atoms with Crippen LogP contribution in [0, 0.1) is 0 Å². The highest BCUT2D eigenvalue weighted by Crippen LogP contribution is 2.43. The van der Waals surface area contributed by atoms with E-state index in [-0.39, 0.29) is 11.7 Å². The van der Waals surface area contributed by atoms with E-state index in [2.05, 4.69) is 5.10 Å². The summed E-state index contributed by atoms with van der Waals surface area (Å²) in [7, 11) is 1.56. The third kappa shape index (κ3) is 2.72. The molecule has 128 valence electrons. The van der Waals surface area contributed by atoms with E-state index in [0.29, 0.717) is 38.3 Å². The summed E-state index contributed by atoms with van der Waals surface area (Å²) in [6.45, 7) is 0.373. The lowest BCUT2D eigenvalue weighted by Gasteiger charge is -2.42. The molecule has 1 aliphatic carbocycles. The summed E-state index contributed by atoms with van der Waals surface area (Å²) in [6, 6.07) is 0.365. The number of alkyl halides is 3. The molecule has 2 heterocycles. The predicted molar refractivity (Wildman–Crippen MR) is 72.6 cm³/mol. The van der Waals surface area contributed by atoms with E-state index in [0.717, 1.165) is 0 Å². The molecule has 1 saturated carbocycles. The van der Waals surface area contributed by atoms with Crippen molar-refractivity contribution >= 4 is 5.91 Å². The Balaban J connectivity index is 1.84. The maximum Gasteiger partial charge on any atom is 0.432 e. The zero-order valence-electron chi connectivity index (χ0n) is 12.6. The first kappa shape index (κ1) is 16.3. The minimum Gasteiger partial charge on any atom is -0.393 e. The molecule has 2 N–H and O–H groups in total. The Morgan fingerprint density at radius 2 is 2.26 bits per heavy atom. The first-order chi connectivity index (χ1) is 10.8. The molecule has 1 aliphatic heterocycles. The summed E-state index contributed by atoms with van der Waals surface area (Å²) in [6.07, 6.45) is -2.95. The van der Waals surface area contributed by atoms with Crippen molar-refractivity contribution in [3.8, 4) is 0 Å². The fraction of sp³-hybridized carbons (Fsp3) is 0.714. The Bertz CT molecular complexity index is 604. The molecular formula is C14H18F3N3O3. The van der Waals surface area contributed by atoms with Crippen LogP contribution in [0.15, 0.2) is 6.07 Å². The molecule has 0 unspecified atom stereocenters. The van der Waals surface area contributed by atoms with Crippen LogP contribution in [-0.2, 0) is 10.9 Å². The number of nitrogens with zero attached hydrogens (tertiary/aromatic N) is 2. The maximum absolute atomic E-state index is 12.6. The van der Waals surface area contributed by atoms with Crippen LogP contribution in [0.2, 0.25) is 0 Å². The van der Waals surface area contributed by atoms with Crippen molar-refractivity contribution in [3.05, 3.63) is 17.5 Å². The Morgan fingerprint density at radius 1 is 1.52 bits per heavy atom. The van der Waals surface area contributed by atoms with Crippen LogP contribution in [0.3, 0.4) is 0 Å². The largest absolute Gasteiger partial charge is 0.432 e. The van der Waals surface area contributed by atoms with Gasteiger partial charge in [0.05, 0.1) is 17.7 Å². The molecule has 3 rings (SSSR count). The molecular weight excluding hydrogens is 315 g/mol. The van der Waals surface area contributed by atoms with Crippen LogP contribution < -0.4 is 0 Å². The van der Waals surface area contributed by atoms with Gasteiger partial charge < -0.3 is 14.7 Å². The lowest BCUT2D eigenvalue weighted by Crippen LogP contribution is -2.52. The molecule has 6 nitrogen and oxygen atoms in total. The molecule has 1 aromatic heterocycles. The number of hydrogen-bond donors (Lipinski definition) is 2. The van der Waals surface area contributed by atoms with Crippen molar-refractivity contribution in [2.45, 2.75) is 49.6 Å². The van der Waals surface area contributed by atoms with E-state index >= 15 is 0 Å². The number of hydrogen-bond acceptors (Lipinski definition) is 4. The normalized spacial score (nSPS) is 31.3. The minimum atomic E-state index is -4.58. The number of fused-ring (bicyclic) bond motifs is 1. The maximum atomic E-state index is 12.6. The zero-order chi connectivity index (χ0) is 16.8. The van der Waals surface area contributed by atoms with Gasteiger partial charge in [0.15, 0.2) is 5.69 Å². The smallest absolute Gasteiger partial charge is 0.393 e. The van der Waals surface area contributed by atoms with Crippen molar-refractivity contribution in [2.24, 2.45) is 0 Å². The number of rotatable bonds is 2. The van der Waals surface area contributed by atoms with E-state index in [4.69, 9.17) is 4.74 Å². The number of likely N-dealkylation sites (tertiary alicyclic amines) is 1. The lowest BCUT2D eigenvalue weighted by molar-refractivity contribution is -0.141. The van der Waals surface area contributed by atoms with E-state index in [1.807, 2.05) is 5.10 Å². The van der Waals surface area contributed by atoms with Crippen LogP contribution in [0.4, 0.5) is 13.2 Å². The van der Waals surface area contributed by atoms with Crippen LogP contribution >= 0.6 is 0 Å². The van der Waals surface area contributed by atoms with Crippen molar-refractivity contribution in [1.82, 2.24) is 15.1 Å². The Hall–Kier alpha value is -1.61. The van der Waals surface area contributed by atoms with Gasteiger partial charge in [0.25, 0.3) is 5.91 Å². The SMILES string of the molecule is CO[C@@]12CC[C@@H](O)C[C@@H]1N(C(=O)c1cc(C(F)(F)F)[nH]n1)CC2. The number of carbonyl (C=O) groups is 1. The summed E-state index contributed by atoms with van der Waals surface area (Å²) in [5, 5.41) is 15.2. The predicted octanol–water partition coefficient (Wildman–Crippen LogP) is 1.57. The molecule has 1 amide bonds. The second kappa shape index (κ2) is 5.48. The average Bonchev–Trinajstić information content (AvgIpc) is 3.11. The molecule has 0 aromatic carbocycles. The van der Waals surface area contributed by atoms with Gasteiger partial charge in [0, 0.05) is 19.7 Å². The van der Waals surface area contributed by atoms with Crippen LogP contribution in [-0.4, -0.2) is 57.5 Å². The number of carbonyl (C=O) groups excluding carboxylic acids is 1. The Kier molecular flexibility index (Phi) is 3.88. The van der Waals surface area contributed by atoms with Gasteiger partial charge in [-0.1, -0.05) is 0 Å². The van der Waals surface area contributed by atoms with Gasteiger partial charge >= 0.3 is 6.18 Å². The summed E-state index contributed by atoms with van der Waals surface area (Å²) in [4.78, 5) is 14.0. The lowest BCUT2D eigenvalue weighted by atomic mass is 9.79. The number of aromatic amines is 1. The number of aromatic nitrogens is 2. The summed E-state index contributed by atoms with van der Waals surface area (Å²) in [5.74, 6) is -0.574. The molecule has 0 radical (unpaired) electrons. The van der Waals surface area contributed by atoms with Crippen molar-refractivity contribution in [2.75, 3.05) is 13.7 Å². The highest BCUT2D eigenvalue weighted by Gasteiger charge is 2.52. The minimum absolute atomic E-state index is 0.274. The van der Waals surface area contributed by atoms with Crippen molar-refractivity contribution in [1.29, 1.82) is 0 Å². The van der Waals surface area contributed by atoms with E-state index < -0.39 is 29.5 Å². The number of H-pyrrole nitrogens is 1. The molecule has 0 bridgehead atoms. The molecule has 23 heavy (non-hydrogen) atoms. The molecule has 3 atom stereocenters. The number of aliphatic hydroxyl groups excluding tert-OH is 1. The monoisotopic (exact) mass is 333 g/mol. The fourth-order valence-electron chi connectivity index (χ4n) is 3.64. The summed E-state index contributed by atoms with van der Waals surface area (Å²) >= 11 is 0. The average molecular weight is 333 g/mol. The van der Waals surface area contributed by atoms with Crippen LogP contribution in [0.1, 0.15) is 41.9 Å². The fourth-order valence-corrected chi connectivity index (χ4v) is 3.64. The summed E-state index contributed by atoms with van der Waals surface area (Å²) in [5.41, 5.74) is -1.86. The van der Waals surface area contributed by atoms with Gasteiger partial charge in [-0.3, -0.25) is 9.89 Å². The first-order valence-corrected chi connectivity index (χ1v) is 7.43. The Labute approximate surface area is 130 Å². The number of aliphatic hydroxyl groups is 1. The first-order valence-electron chi connectivity index (χ1n) is 7.43. The van der Waals surface area contributed by atoms with Crippen molar-refractivity contribution < 1.29 is 27.8 Å². The third-order valence-electron chi connectivity index (χ3n) is 4.93. The molecule has 2 aliphatic rings. The number of amides is 1. The second-order valence-electron chi connectivity index (χ2n) is 6.13.